The fraction of sp³-hybridized carbons (Fsp3) is 0.167. The van der Waals surface area contributed by atoms with Crippen molar-refractivity contribution in [3.63, 3.8) is 0 Å². The van der Waals surface area contributed by atoms with E-state index in [4.69, 9.17) is 9.47 Å². The van der Waals surface area contributed by atoms with Gasteiger partial charge < -0.3 is 14.8 Å². The topological polar surface area (TPSA) is 47.6 Å². The van der Waals surface area contributed by atoms with E-state index in [0.717, 1.165) is 21.5 Å². The molecule has 0 aliphatic carbocycles. The molecule has 0 unspecified atom stereocenters. The molecule has 1 amide bonds. The number of nitrogens with one attached hydrogen (secondary N) is 1. The zero-order valence-corrected chi connectivity index (χ0v) is 12.8. The van der Waals surface area contributed by atoms with Gasteiger partial charge in [0, 0.05) is 12.6 Å². The number of hydrogen-bond donors (Lipinski definition) is 1. The first-order chi connectivity index (χ1) is 10.7. The van der Waals surface area contributed by atoms with Crippen LogP contribution in [0.3, 0.4) is 0 Å². The molecule has 0 atom stereocenters. The predicted molar refractivity (Wildman–Crippen MR) is 87.9 cm³/mol. The molecule has 0 saturated heterocycles. The fourth-order valence-corrected chi connectivity index (χ4v) is 2.76. The number of hydrogen-bond acceptors (Lipinski definition) is 3. The van der Waals surface area contributed by atoms with Crippen LogP contribution in [0.15, 0.2) is 42.5 Å². The molecular weight excluding hydrogens is 278 g/mol. The molecule has 22 heavy (non-hydrogen) atoms. The molecule has 0 spiro atoms. The number of amides is 1. The van der Waals surface area contributed by atoms with Crippen molar-refractivity contribution >= 4 is 27.5 Å². The van der Waals surface area contributed by atoms with E-state index < -0.39 is 0 Å². The van der Waals surface area contributed by atoms with Gasteiger partial charge in [-0.3, -0.25) is 4.79 Å². The van der Waals surface area contributed by atoms with Gasteiger partial charge in [0.25, 0.3) is 5.91 Å². The van der Waals surface area contributed by atoms with E-state index in [1.54, 1.807) is 21.3 Å². The lowest BCUT2D eigenvalue weighted by Gasteiger charge is -2.13. The lowest BCUT2D eigenvalue weighted by Crippen LogP contribution is -2.18. The summed E-state index contributed by atoms with van der Waals surface area (Å²) in [4.78, 5) is 12.2. The predicted octanol–water partition coefficient (Wildman–Crippen LogP) is 3.37. The summed E-state index contributed by atoms with van der Waals surface area (Å²) in [5.74, 6) is 1.22. The van der Waals surface area contributed by atoms with E-state index in [9.17, 15) is 4.79 Å². The Bertz CT molecular complexity index is 871. The monoisotopic (exact) mass is 295 g/mol. The van der Waals surface area contributed by atoms with Crippen LogP contribution in [0.4, 0.5) is 0 Å². The van der Waals surface area contributed by atoms with Gasteiger partial charge in [0.1, 0.15) is 0 Å². The van der Waals surface area contributed by atoms with Crippen molar-refractivity contribution < 1.29 is 14.3 Å². The lowest BCUT2D eigenvalue weighted by molar-refractivity contribution is 0.0965. The van der Waals surface area contributed by atoms with E-state index in [1.807, 2.05) is 42.5 Å². The van der Waals surface area contributed by atoms with Crippen molar-refractivity contribution in [3.05, 3.63) is 48.0 Å². The van der Waals surface area contributed by atoms with Gasteiger partial charge in [-0.1, -0.05) is 24.3 Å². The molecule has 1 N–H and O–H groups in total. The Morgan fingerprint density at radius 3 is 2.18 bits per heavy atom. The van der Waals surface area contributed by atoms with E-state index in [-0.39, 0.29) is 5.91 Å². The first-order valence-electron chi connectivity index (χ1n) is 6.99. The summed E-state index contributed by atoms with van der Waals surface area (Å²) in [5.41, 5.74) is 0.651. The van der Waals surface area contributed by atoms with Gasteiger partial charge in [0.05, 0.1) is 14.2 Å². The minimum absolute atomic E-state index is 0.104. The highest BCUT2D eigenvalue weighted by Crippen LogP contribution is 2.37. The Morgan fingerprint density at radius 1 is 0.909 bits per heavy atom. The van der Waals surface area contributed by atoms with E-state index in [0.29, 0.717) is 17.1 Å². The molecule has 0 bridgehead atoms. The van der Waals surface area contributed by atoms with E-state index in [2.05, 4.69) is 5.32 Å². The van der Waals surface area contributed by atoms with Crippen LogP contribution in [0.1, 0.15) is 10.4 Å². The zero-order chi connectivity index (χ0) is 15.7. The van der Waals surface area contributed by atoms with Crippen LogP contribution >= 0.6 is 0 Å². The Kier molecular flexibility index (Phi) is 3.59. The Hall–Kier alpha value is -2.75. The lowest BCUT2D eigenvalue weighted by atomic mass is 9.96. The van der Waals surface area contributed by atoms with Gasteiger partial charge >= 0.3 is 0 Å². The Labute approximate surface area is 128 Å². The van der Waals surface area contributed by atoms with Crippen LogP contribution in [-0.4, -0.2) is 27.2 Å². The van der Waals surface area contributed by atoms with E-state index >= 15 is 0 Å². The third kappa shape index (κ3) is 2.13. The third-order valence-electron chi connectivity index (χ3n) is 3.83. The smallest absolute Gasteiger partial charge is 0.251 e. The average Bonchev–Trinajstić information content (AvgIpc) is 2.59. The Balaban J connectivity index is 2.45. The van der Waals surface area contributed by atoms with Crippen LogP contribution in [0.5, 0.6) is 11.5 Å². The first-order valence-corrected chi connectivity index (χ1v) is 6.99. The van der Waals surface area contributed by atoms with Gasteiger partial charge in [-0.25, -0.2) is 0 Å². The average molecular weight is 295 g/mol. The van der Waals surface area contributed by atoms with Gasteiger partial charge in [-0.05, 0) is 39.7 Å². The molecule has 0 aromatic heterocycles. The molecule has 112 valence electrons. The SMILES string of the molecule is CNC(=O)c1cc2cc(OC)c(OC)cc2c2ccccc12. The summed E-state index contributed by atoms with van der Waals surface area (Å²) in [6.07, 6.45) is 0. The Morgan fingerprint density at radius 2 is 1.55 bits per heavy atom. The van der Waals surface area contributed by atoms with Crippen molar-refractivity contribution in [2.45, 2.75) is 0 Å². The molecule has 4 nitrogen and oxygen atoms in total. The summed E-state index contributed by atoms with van der Waals surface area (Å²) in [5, 5.41) is 6.59. The number of benzene rings is 3. The second kappa shape index (κ2) is 5.56. The minimum atomic E-state index is -0.104. The quantitative estimate of drug-likeness (QED) is 0.754. The standard InChI is InChI=1S/C18H17NO3/c1-19-18(20)15-8-11-9-16(21-2)17(22-3)10-14(11)12-6-4-5-7-13(12)15/h4-10H,1-3H3,(H,19,20). The molecule has 0 aliphatic rings. The number of methoxy groups -OCH3 is 2. The zero-order valence-electron chi connectivity index (χ0n) is 12.8. The van der Waals surface area contributed by atoms with Gasteiger partial charge in [0.2, 0.25) is 0 Å². The maximum absolute atomic E-state index is 12.2. The van der Waals surface area contributed by atoms with Crippen molar-refractivity contribution in [1.29, 1.82) is 0 Å². The molecule has 4 heteroatoms. The molecule has 0 heterocycles. The normalized spacial score (nSPS) is 10.7. The van der Waals surface area contributed by atoms with Crippen LogP contribution in [0.25, 0.3) is 21.5 Å². The number of carbonyl (C=O) groups excluding carboxylic acids is 1. The molecule has 3 rings (SSSR count). The molecule has 0 fully saturated rings. The second-order valence-corrected chi connectivity index (χ2v) is 4.98. The first kappa shape index (κ1) is 14.2. The van der Waals surface area contributed by atoms with Crippen LogP contribution in [0.2, 0.25) is 0 Å². The van der Waals surface area contributed by atoms with Crippen LogP contribution in [-0.2, 0) is 0 Å². The number of fused-ring (bicyclic) bond motifs is 3. The molecule has 3 aromatic carbocycles. The highest BCUT2D eigenvalue weighted by atomic mass is 16.5. The molecule has 3 aromatic rings. The van der Waals surface area contributed by atoms with Crippen LogP contribution in [0, 0.1) is 0 Å². The fourth-order valence-electron chi connectivity index (χ4n) is 2.76. The summed E-state index contributed by atoms with van der Waals surface area (Å²) in [6, 6.07) is 13.6. The van der Waals surface area contributed by atoms with Gasteiger partial charge in [0.15, 0.2) is 11.5 Å². The summed E-state index contributed by atoms with van der Waals surface area (Å²) >= 11 is 0. The highest BCUT2D eigenvalue weighted by Gasteiger charge is 2.14. The third-order valence-corrected chi connectivity index (χ3v) is 3.83. The summed E-state index contributed by atoms with van der Waals surface area (Å²) < 4.78 is 10.7. The number of ether oxygens (including phenoxy) is 2. The number of carbonyl (C=O) groups is 1. The van der Waals surface area contributed by atoms with Crippen molar-refractivity contribution in [3.8, 4) is 11.5 Å². The number of rotatable bonds is 3. The molecular formula is C18H17NO3. The minimum Gasteiger partial charge on any atom is -0.493 e. The summed E-state index contributed by atoms with van der Waals surface area (Å²) in [7, 11) is 4.85. The second-order valence-electron chi connectivity index (χ2n) is 4.98. The molecule has 0 saturated carbocycles. The van der Waals surface area contributed by atoms with Crippen molar-refractivity contribution in [2.24, 2.45) is 0 Å². The van der Waals surface area contributed by atoms with Crippen LogP contribution < -0.4 is 14.8 Å². The molecule has 0 radical (unpaired) electrons. The van der Waals surface area contributed by atoms with Crippen molar-refractivity contribution in [1.82, 2.24) is 5.32 Å². The summed E-state index contributed by atoms with van der Waals surface area (Å²) in [6.45, 7) is 0. The maximum Gasteiger partial charge on any atom is 0.251 e. The van der Waals surface area contributed by atoms with E-state index in [1.165, 1.54) is 0 Å². The maximum atomic E-state index is 12.2. The highest BCUT2D eigenvalue weighted by molar-refractivity contribution is 6.17. The largest absolute Gasteiger partial charge is 0.493 e. The van der Waals surface area contributed by atoms with Gasteiger partial charge in [-0.2, -0.15) is 0 Å². The van der Waals surface area contributed by atoms with Gasteiger partial charge in [-0.15, -0.1) is 0 Å². The molecule has 0 aliphatic heterocycles. The van der Waals surface area contributed by atoms with Crippen molar-refractivity contribution in [2.75, 3.05) is 21.3 Å².